The molecule has 2 heterocycles. The molecule has 1 aliphatic heterocycles. The van der Waals surface area contributed by atoms with Crippen LogP contribution in [-0.4, -0.2) is 34.2 Å². The van der Waals surface area contributed by atoms with Crippen molar-refractivity contribution in [3.63, 3.8) is 0 Å². The van der Waals surface area contributed by atoms with Crippen LogP contribution in [-0.2, 0) is 17.9 Å². The third kappa shape index (κ3) is 3.90. The molecule has 4 rings (SSSR count). The predicted octanol–water partition coefficient (Wildman–Crippen LogP) is 2.36. The minimum atomic E-state index is -0.852. The lowest BCUT2D eigenvalue weighted by Gasteiger charge is -2.13. The number of halogens is 1. The van der Waals surface area contributed by atoms with E-state index < -0.39 is 6.10 Å². The highest BCUT2D eigenvalue weighted by Crippen LogP contribution is 2.32. The number of ether oxygens (including phenoxy) is 3. The van der Waals surface area contributed by atoms with E-state index in [9.17, 15) is 9.90 Å². The van der Waals surface area contributed by atoms with Gasteiger partial charge < -0.3 is 19.3 Å². The predicted molar refractivity (Wildman–Crippen MR) is 99.2 cm³/mol. The van der Waals surface area contributed by atoms with E-state index in [1.54, 1.807) is 18.2 Å². The lowest BCUT2D eigenvalue weighted by atomic mass is 10.2. The number of hydrogen-bond donors (Lipinski definition) is 1. The van der Waals surface area contributed by atoms with Crippen molar-refractivity contribution < 1.29 is 19.3 Å². The van der Waals surface area contributed by atoms with Crippen molar-refractivity contribution in [1.82, 2.24) is 9.55 Å². The van der Waals surface area contributed by atoms with Crippen molar-refractivity contribution in [2.45, 2.75) is 19.3 Å². The lowest BCUT2D eigenvalue weighted by molar-refractivity contribution is 0.0198. The monoisotopic (exact) mass is 388 g/mol. The fourth-order valence-corrected chi connectivity index (χ4v) is 3.06. The molecule has 1 unspecified atom stereocenters. The molecule has 3 aromatic rings. The molecule has 0 saturated heterocycles. The van der Waals surface area contributed by atoms with Crippen LogP contribution >= 0.6 is 11.6 Å². The summed E-state index contributed by atoms with van der Waals surface area (Å²) >= 11 is 5.95. The Balaban J connectivity index is 1.37. The minimum Gasteiger partial charge on any atom is -0.454 e. The van der Waals surface area contributed by atoms with E-state index in [0.717, 1.165) is 5.56 Å². The van der Waals surface area contributed by atoms with Gasteiger partial charge >= 0.3 is 0 Å². The van der Waals surface area contributed by atoms with Gasteiger partial charge in [-0.3, -0.25) is 9.36 Å². The van der Waals surface area contributed by atoms with Crippen molar-refractivity contribution in [1.29, 1.82) is 0 Å². The average molecular weight is 389 g/mol. The molecule has 140 valence electrons. The van der Waals surface area contributed by atoms with Gasteiger partial charge in [-0.15, -0.1) is 0 Å². The number of hydrogen-bond acceptors (Lipinski definition) is 6. The number of rotatable bonds is 6. The van der Waals surface area contributed by atoms with Crippen LogP contribution in [0.4, 0.5) is 0 Å². The van der Waals surface area contributed by atoms with Crippen LogP contribution in [0.2, 0.25) is 5.02 Å². The second kappa shape index (κ2) is 7.56. The van der Waals surface area contributed by atoms with Crippen molar-refractivity contribution in [2.75, 3.05) is 13.4 Å². The molecule has 8 heteroatoms. The fourth-order valence-electron chi connectivity index (χ4n) is 2.88. The maximum Gasteiger partial charge on any atom is 0.261 e. The van der Waals surface area contributed by atoms with Gasteiger partial charge in [0, 0.05) is 5.02 Å². The Morgan fingerprint density at radius 3 is 2.96 bits per heavy atom. The molecule has 0 saturated carbocycles. The molecule has 27 heavy (non-hydrogen) atoms. The first-order valence-corrected chi connectivity index (χ1v) is 8.77. The van der Waals surface area contributed by atoms with E-state index in [4.69, 9.17) is 25.8 Å². The summed E-state index contributed by atoms with van der Waals surface area (Å²) in [6.07, 6.45) is 0.565. The second-order valence-corrected chi connectivity index (χ2v) is 6.66. The van der Waals surface area contributed by atoms with Gasteiger partial charge in [-0.2, -0.15) is 0 Å². The van der Waals surface area contributed by atoms with Gasteiger partial charge in [0.1, 0.15) is 0 Å². The molecule has 0 spiro atoms. The molecule has 0 fully saturated rings. The van der Waals surface area contributed by atoms with E-state index in [2.05, 4.69) is 4.98 Å². The molecular formula is C19H17ClN2O5. The van der Waals surface area contributed by atoms with E-state index in [1.807, 2.05) is 18.2 Å². The summed E-state index contributed by atoms with van der Waals surface area (Å²) in [4.78, 5) is 16.7. The van der Waals surface area contributed by atoms with E-state index in [-0.39, 0.29) is 25.5 Å². The molecule has 0 aliphatic carbocycles. The third-order valence-corrected chi connectivity index (χ3v) is 4.44. The summed E-state index contributed by atoms with van der Waals surface area (Å²) in [7, 11) is 0. The molecule has 0 radical (unpaired) electrons. The zero-order valence-electron chi connectivity index (χ0n) is 14.3. The van der Waals surface area contributed by atoms with E-state index in [0.29, 0.717) is 34.0 Å². The van der Waals surface area contributed by atoms with Crippen LogP contribution in [0.3, 0.4) is 0 Å². The lowest BCUT2D eigenvalue weighted by Crippen LogP contribution is -2.29. The number of aliphatic hydroxyl groups is 1. The SMILES string of the molecule is O=c1c2cc(Cl)ccc2ncn1CC(O)COCc1ccc2c(c1)OCO2. The standard InChI is InChI=1S/C19H17ClN2O5/c20-13-2-3-16-15(6-13)19(24)22(10-21-16)7-14(23)9-25-8-12-1-4-17-18(5-12)27-11-26-17/h1-6,10,14,23H,7-9,11H2. The van der Waals surface area contributed by atoms with Gasteiger partial charge in [0.05, 0.1) is 43.1 Å². The zero-order chi connectivity index (χ0) is 18.8. The highest BCUT2D eigenvalue weighted by atomic mass is 35.5. The Morgan fingerprint density at radius 2 is 2.07 bits per heavy atom. The minimum absolute atomic E-state index is 0.0778. The molecule has 1 aromatic heterocycles. The van der Waals surface area contributed by atoms with Gasteiger partial charge in [0.15, 0.2) is 11.5 Å². The number of aliphatic hydroxyl groups excluding tert-OH is 1. The maximum absolute atomic E-state index is 12.5. The summed E-state index contributed by atoms with van der Waals surface area (Å²) < 4.78 is 17.5. The molecule has 1 aliphatic rings. The highest BCUT2D eigenvalue weighted by molar-refractivity contribution is 6.31. The smallest absolute Gasteiger partial charge is 0.261 e. The molecule has 0 amide bonds. The van der Waals surface area contributed by atoms with Gasteiger partial charge in [0.2, 0.25) is 6.79 Å². The Morgan fingerprint density at radius 1 is 1.22 bits per heavy atom. The van der Waals surface area contributed by atoms with Crippen LogP contribution in [0.25, 0.3) is 10.9 Å². The van der Waals surface area contributed by atoms with Crippen LogP contribution in [0.1, 0.15) is 5.56 Å². The first kappa shape index (κ1) is 17.8. The van der Waals surface area contributed by atoms with Gasteiger partial charge in [-0.05, 0) is 35.9 Å². The molecule has 1 atom stereocenters. The second-order valence-electron chi connectivity index (χ2n) is 6.22. The molecule has 1 N–H and O–H groups in total. The quantitative estimate of drug-likeness (QED) is 0.698. The summed E-state index contributed by atoms with van der Waals surface area (Å²) in [5, 5.41) is 11.1. The number of nitrogens with zero attached hydrogens (tertiary/aromatic N) is 2. The first-order valence-electron chi connectivity index (χ1n) is 8.39. The molecule has 7 nitrogen and oxygen atoms in total. The maximum atomic E-state index is 12.5. The Bertz CT molecular complexity index is 1040. The summed E-state index contributed by atoms with van der Waals surface area (Å²) in [6.45, 7) is 0.691. The van der Waals surface area contributed by atoms with Crippen molar-refractivity contribution in [2.24, 2.45) is 0 Å². The van der Waals surface area contributed by atoms with Gasteiger partial charge in [-0.1, -0.05) is 17.7 Å². The fraction of sp³-hybridized carbons (Fsp3) is 0.263. The third-order valence-electron chi connectivity index (χ3n) is 4.21. The van der Waals surface area contributed by atoms with Crippen LogP contribution in [0.15, 0.2) is 47.5 Å². The van der Waals surface area contributed by atoms with Crippen molar-refractivity contribution >= 4 is 22.5 Å². The van der Waals surface area contributed by atoms with Crippen LogP contribution in [0, 0.1) is 0 Å². The normalized spacial score (nSPS) is 13.9. The summed E-state index contributed by atoms with van der Waals surface area (Å²) in [6, 6.07) is 10.5. The van der Waals surface area contributed by atoms with Crippen LogP contribution in [0.5, 0.6) is 11.5 Å². The van der Waals surface area contributed by atoms with Crippen molar-refractivity contribution in [3.8, 4) is 11.5 Å². The first-order chi connectivity index (χ1) is 13.1. The summed E-state index contributed by atoms with van der Waals surface area (Å²) in [5.41, 5.74) is 1.22. The number of benzene rings is 2. The van der Waals surface area contributed by atoms with E-state index in [1.165, 1.54) is 10.9 Å². The average Bonchev–Trinajstić information content (AvgIpc) is 3.12. The number of aromatic nitrogens is 2. The topological polar surface area (TPSA) is 82.8 Å². The molecule has 2 aromatic carbocycles. The Labute approximate surface area is 159 Å². The Hall–Kier alpha value is -2.61. The van der Waals surface area contributed by atoms with Crippen molar-refractivity contribution in [3.05, 3.63) is 63.7 Å². The molecule has 0 bridgehead atoms. The van der Waals surface area contributed by atoms with Gasteiger partial charge in [-0.25, -0.2) is 4.98 Å². The summed E-state index contributed by atoms with van der Waals surface area (Å²) in [5.74, 6) is 1.39. The zero-order valence-corrected chi connectivity index (χ0v) is 15.1. The highest BCUT2D eigenvalue weighted by Gasteiger charge is 2.14. The largest absolute Gasteiger partial charge is 0.454 e. The molecular weight excluding hydrogens is 372 g/mol. The van der Waals surface area contributed by atoms with Crippen LogP contribution < -0.4 is 15.0 Å². The van der Waals surface area contributed by atoms with Gasteiger partial charge in [0.25, 0.3) is 5.56 Å². The van der Waals surface area contributed by atoms with E-state index >= 15 is 0 Å². The Kier molecular flexibility index (Phi) is 4.98. The number of fused-ring (bicyclic) bond motifs is 2.